The molecule has 1 aliphatic heterocycles. The largest absolute Gasteiger partial charge is 0.361 e. The van der Waals surface area contributed by atoms with Gasteiger partial charge in [-0.25, -0.2) is 0 Å². The summed E-state index contributed by atoms with van der Waals surface area (Å²) in [6, 6.07) is 5.55. The minimum atomic E-state index is -0.661. The number of nitrogens with one attached hydrogen (secondary N) is 1. The molecular weight excluding hydrogens is 446 g/mol. The highest BCUT2D eigenvalue weighted by Crippen LogP contribution is 2.37. The zero-order chi connectivity index (χ0) is 25.2. The third kappa shape index (κ3) is 6.58. The van der Waals surface area contributed by atoms with E-state index in [1.165, 1.54) is 0 Å². The van der Waals surface area contributed by atoms with E-state index in [0.29, 0.717) is 31.5 Å². The SMILES string of the molecule is CCCN(CCC)C(=O)C1=Cc2ccc(C3CC=C(C(CN=O)N=O)CC3)cc2NC(N=NN)C1. The van der Waals surface area contributed by atoms with E-state index in [1.54, 1.807) is 0 Å². The van der Waals surface area contributed by atoms with Gasteiger partial charge in [0.25, 0.3) is 0 Å². The standard InChI is InChI=1S/C25H35N7O3/c1-3-11-32(12-4-2)25(33)21-13-20-10-9-19(14-22(20)28-24(15-21)29-31-26)17-5-7-18(8-6-17)23(30-35)16-27-34/h7,9-10,13-14,17,23-24,28H,3-6,8,11-12,15-16H2,1-2H3,(H2,26,29). The second-order valence-electron chi connectivity index (χ2n) is 9.09. The number of nitroso groups, excluding NO2 is 2. The van der Waals surface area contributed by atoms with Crippen molar-refractivity contribution >= 4 is 17.7 Å². The smallest absolute Gasteiger partial charge is 0.249 e. The Morgan fingerprint density at radius 3 is 2.60 bits per heavy atom. The molecule has 10 heteroatoms. The molecule has 1 aromatic rings. The van der Waals surface area contributed by atoms with Crippen molar-refractivity contribution in [3.63, 3.8) is 0 Å². The van der Waals surface area contributed by atoms with Crippen LogP contribution in [0.5, 0.6) is 0 Å². The third-order valence-corrected chi connectivity index (χ3v) is 6.62. The number of nitrogens with two attached hydrogens (primary N) is 1. The molecule has 3 unspecified atom stereocenters. The number of benzene rings is 1. The summed E-state index contributed by atoms with van der Waals surface area (Å²) >= 11 is 0. The number of amides is 1. The summed E-state index contributed by atoms with van der Waals surface area (Å²) in [5, 5.41) is 16.9. The first-order chi connectivity index (χ1) is 17.0. The molecule has 1 aromatic carbocycles. The van der Waals surface area contributed by atoms with Crippen molar-refractivity contribution in [3.05, 3.63) is 56.4 Å². The van der Waals surface area contributed by atoms with E-state index in [2.05, 4.69) is 52.0 Å². The van der Waals surface area contributed by atoms with Gasteiger partial charge < -0.3 is 16.1 Å². The molecule has 10 nitrogen and oxygen atoms in total. The molecule has 0 bridgehead atoms. The lowest BCUT2D eigenvalue weighted by atomic mass is 9.82. The summed E-state index contributed by atoms with van der Waals surface area (Å²) in [6.45, 7) is 5.46. The zero-order valence-corrected chi connectivity index (χ0v) is 20.5. The fourth-order valence-corrected chi connectivity index (χ4v) is 4.87. The number of hydrogen-bond donors (Lipinski definition) is 2. The van der Waals surface area contributed by atoms with Gasteiger partial charge in [0.2, 0.25) is 5.91 Å². The van der Waals surface area contributed by atoms with Crippen molar-refractivity contribution in [2.24, 2.45) is 26.5 Å². The van der Waals surface area contributed by atoms with E-state index in [4.69, 9.17) is 5.84 Å². The minimum Gasteiger partial charge on any atom is -0.361 e. The molecular formula is C25H35N7O3. The van der Waals surface area contributed by atoms with Crippen molar-refractivity contribution < 1.29 is 4.79 Å². The Hall–Kier alpha value is -3.43. The number of allylic oxidation sites excluding steroid dienone is 1. The van der Waals surface area contributed by atoms with Crippen LogP contribution in [0.2, 0.25) is 0 Å². The van der Waals surface area contributed by atoms with Crippen molar-refractivity contribution in [3.8, 4) is 0 Å². The lowest BCUT2D eigenvalue weighted by Crippen LogP contribution is -2.34. The first-order valence-electron chi connectivity index (χ1n) is 12.3. The van der Waals surface area contributed by atoms with Crippen LogP contribution in [0.15, 0.2) is 56.1 Å². The third-order valence-electron chi connectivity index (χ3n) is 6.62. The van der Waals surface area contributed by atoms with Crippen LogP contribution in [0.25, 0.3) is 6.08 Å². The van der Waals surface area contributed by atoms with Gasteiger partial charge in [0.1, 0.15) is 18.8 Å². The van der Waals surface area contributed by atoms with Crippen LogP contribution in [0.1, 0.15) is 69.4 Å². The molecule has 1 amide bonds. The Morgan fingerprint density at radius 1 is 1.23 bits per heavy atom. The van der Waals surface area contributed by atoms with Gasteiger partial charge in [-0.05, 0) is 66.9 Å². The molecule has 3 atom stereocenters. The van der Waals surface area contributed by atoms with Gasteiger partial charge in [-0.2, -0.15) is 9.81 Å². The van der Waals surface area contributed by atoms with E-state index in [9.17, 15) is 14.6 Å². The highest BCUT2D eigenvalue weighted by Gasteiger charge is 2.26. The molecule has 1 aliphatic carbocycles. The molecule has 0 saturated carbocycles. The Balaban J connectivity index is 1.86. The predicted molar refractivity (Wildman–Crippen MR) is 138 cm³/mol. The summed E-state index contributed by atoms with van der Waals surface area (Å²) < 4.78 is 0. The summed E-state index contributed by atoms with van der Waals surface area (Å²) in [6.07, 6.45) is 8.03. The number of hydrogen-bond acceptors (Lipinski definition) is 8. The number of fused-ring (bicyclic) bond motifs is 1. The zero-order valence-electron chi connectivity index (χ0n) is 20.5. The van der Waals surface area contributed by atoms with Gasteiger partial charge in [-0.15, -0.1) is 5.11 Å². The molecule has 0 radical (unpaired) electrons. The molecule has 3 N–H and O–H groups in total. The molecule has 188 valence electrons. The maximum absolute atomic E-state index is 13.3. The number of nitrogens with zero attached hydrogens (tertiary/aromatic N) is 5. The highest BCUT2D eigenvalue weighted by molar-refractivity contribution is 5.99. The number of carbonyl (C=O) groups excluding carboxylic acids is 1. The van der Waals surface area contributed by atoms with Crippen LogP contribution in [0.3, 0.4) is 0 Å². The minimum absolute atomic E-state index is 0.0257. The van der Waals surface area contributed by atoms with Crippen LogP contribution in [0.4, 0.5) is 5.69 Å². The topological polar surface area (TPSA) is 142 Å². The molecule has 1 heterocycles. The van der Waals surface area contributed by atoms with E-state index < -0.39 is 12.2 Å². The Kier molecular flexibility index (Phi) is 9.63. The molecule has 2 aliphatic rings. The van der Waals surface area contributed by atoms with Gasteiger partial charge in [0.15, 0.2) is 0 Å². The highest BCUT2D eigenvalue weighted by atomic mass is 16.3. The number of rotatable bonds is 11. The number of carbonyl (C=O) groups is 1. The Bertz CT molecular complexity index is 999. The lowest BCUT2D eigenvalue weighted by Gasteiger charge is -2.24. The Labute approximate surface area is 206 Å². The lowest BCUT2D eigenvalue weighted by molar-refractivity contribution is -0.127. The second-order valence-corrected chi connectivity index (χ2v) is 9.09. The maximum atomic E-state index is 13.3. The molecule has 0 fully saturated rings. The first-order valence-corrected chi connectivity index (χ1v) is 12.3. The summed E-state index contributed by atoms with van der Waals surface area (Å²) in [4.78, 5) is 36.9. The first kappa shape index (κ1) is 26.2. The molecule has 35 heavy (non-hydrogen) atoms. The van der Waals surface area contributed by atoms with Gasteiger partial charge in [-0.3, -0.25) is 4.79 Å². The fraction of sp³-hybridized carbons (Fsp3) is 0.560. The second kappa shape index (κ2) is 12.9. The fourth-order valence-electron chi connectivity index (χ4n) is 4.87. The normalized spacial score (nSPS) is 20.6. The van der Waals surface area contributed by atoms with E-state index >= 15 is 0 Å². The van der Waals surface area contributed by atoms with E-state index in [-0.39, 0.29) is 18.4 Å². The number of anilines is 1. The predicted octanol–water partition coefficient (Wildman–Crippen LogP) is 5.28. The van der Waals surface area contributed by atoms with Crippen molar-refractivity contribution in [1.29, 1.82) is 0 Å². The average molecular weight is 482 g/mol. The summed E-state index contributed by atoms with van der Waals surface area (Å²) in [7, 11) is 0. The Morgan fingerprint density at radius 2 is 2.00 bits per heavy atom. The van der Waals surface area contributed by atoms with Gasteiger partial charge >= 0.3 is 0 Å². The average Bonchev–Trinajstić information content (AvgIpc) is 3.05. The summed E-state index contributed by atoms with van der Waals surface area (Å²) in [5.41, 5.74) is 4.54. The van der Waals surface area contributed by atoms with Gasteiger partial charge in [-0.1, -0.05) is 47.6 Å². The van der Waals surface area contributed by atoms with Crippen LogP contribution < -0.4 is 11.2 Å². The monoisotopic (exact) mass is 481 g/mol. The van der Waals surface area contributed by atoms with E-state index in [0.717, 1.165) is 48.1 Å². The molecule has 0 aromatic heterocycles. The summed E-state index contributed by atoms with van der Waals surface area (Å²) in [5.74, 6) is 5.66. The van der Waals surface area contributed by atoms with E-state index in [1.807, 2.05) is 23.1 Å². The van der Waals surface area contributed by atoms with Gasteiger partial charge in [0, 0.05) is 30.8 Å². The van der Waals surface area contributed by atoms with Crippen LogP contribution >= 0.6 is 0 Å². The van der Waals surface area contributed by atoms with Crippen molar-refractivity contribution in [2.75, 3.05) is 25.0 Å². The van der Waals surface area contributed by atoms with Gasteiger partial charge in [0.05, 0.1) is 0 Å². The van der Waals surface area contributed by atoms with Crippen LogP contribution in [-0.4, -0.2) is 42.6 Å². The molecule has 0 spiro atoms. The maximum Gasteiger partial charge on any atom is 0.249 e. The quantitative estimate of drug-likeness (QED) is 0.145. The molecule has 0 saturated heterocycles. The van der Waals surface area contributed by atoms with Crippen LogP contribution in [0, 0.1) is 9.81 Å². The van der Waals surface area contributed by atoms with Crippen LogP contribution in [-0.2, 0) is 4.79 Å². The van der Waals surface area contributed by atoms with Crippen molar-refractivity contribution in [2.45, 2.75) is 70.5 Å². The van der Waals surface area contributed by atoms with Crippen molar-refractivity contribution in [1.82, 2.24) is 4.90 Å². The molecule has 3 rings (SSSR count).